The number of piperidine rings is 1. The normalized spacial score (nSPS) is 38.2. The highest BCUT2D eigenvalue weighted by atomic mass is 16.5. The van der Waals surface area contributed by atoms with E-state index in [1.165, 1.54) is 45.1 Å². The molecule has 0 amide bonds. The zero-order valence-corrected chi connectivity index (χ0v) is 16.2. The summed E-state index contributed by atoms with van der Waals surface area (Å²) in [4.78, 5) is 2.86. The summed E-state index contributed by atoms with van der Waals surface area (Å²) in [6.45, 7) is 12.9. The van der Waals surface area contributed by atoms with E-state index in [0.29, 0.717) is 11.6 Å². The standard InChI is InChI=1S/C20H38BNO/c1-14(2)10-16-11-22(15(3)4)20(12-23-13-20)19-7-5-6-17(21)8-9-18(16)19/h14-19H,5-13,21H2,1-4H3. The van der Waals surface area contributed by atoms with Crippen LogP contribution in [0.3, 0.4) is 0 Å². The monoisotopic (exact) mass is 319 g/mol. The Labute approximate surface area is 145 Å². The minimum absolute atomic E-state index is 0.382. The van der Waals surface area contributed by atoms with E-state index in [9.17, 15) is 0 Å². The highest BCUT2D eigenvalue weighted by Crippen LogP contribution is 2.52. The van der Waals surface area contributed by atoms with Crippen LogP contribution in [0.2, 0.25) is 5.82 Å². The molecule has 4 atom stereocenters. The van der Waals surface area contributed by atoms with Crippen LogP contribution in [0.1, 0.15) is 66.2 Å². The maximum Gasteiger partial charge on any atom is 0.105 e. The summed E-state index contributed by atoms with van der Waals surface area (Å²) in [7, 11) is 2.48. The van der Waals surface area contributed by atoms with E-state index in [1.54, 1.807) is 0 Å². The number of hydrogen-bond donors (Lipinski definition) is 0. The van der Waals surface area contributed by atoms with Crippen molar-refractivity contribution in [3.8, 4) is 0 Å². The van der Waals surface area contributed by atoms with Crippen molar-refractivity contribution in [3.63, 3.8) is 0 Å². The minimum Gasteiger partial charge on any atom is -0.377 e. The quantitative estimate of drug-likeness (QED) is 0.735. The molecule has 0 N–H and O–H groups in total. The van der Waals surface area contributed by atoms with Crippen LogP contribution in [0, 0.1) is 23.7 Å². The van der Waals surface area contributed by atoms with Gasteiger partial charge in [0.2, 0.25) is 0 Å². The third kappa shape index (κ3) is 3.38. The lowest BCUT2D eigenvalue weighted by Gasteiger charge is -2.63. The Kier molecular flexibility index (Phi) is 5.48. The lowest BCUT2D eigenvalue weighted by atomic mass is 9.58. The van der Waals surface area contributed by atoms with Gasteiger partial charge in [-0.3, -0.25) is 4.90 Å². The molecule has 0 aromatic carbocycles. The van der Waals surface area contributed by atoms with Gasteiger partial charge in [0.1, 0.15) is 7.85 Å². The van der Waals surface area contributed by atoms with Crippen LogP contribution in [-0.2, 0) is 4.74 Å². The summed E-state index contributed by atoms with van der Waals surface area (Å²) in [5.74, 6) is 4.48. The molecule has 0 aromatic rings. The average Bonchev–Trinajstić information content (AvgIpc) is 2.40. The molecule has 2 saturated heterocycles. The largest absolute Gasteiger partial charge is 0.377 e. The maximum atomic E-state index is 5.81. The molecule has 132 valence electrons. The summed E-state index contributed by atoms with van der Waals surface area (Å²) in [6, 6.07) is 0.652. The lowest BCUT2D eigenvalue weighted by molar-refractivity contribution is -0.222. The Morgan fingerprint density at radius 2 is 1.83 bits per heavy atom. The van der Waals surface area contributed by atoms with Crippen molar-refractivity contribution in [2.24, 2.45) is 23.7 Å². The summed E-state index contributed by atoms with van der Waals surface area (Å²) < 4.78 is 5.81. The van der Waals surface area contributed by atoms with E-state index in [4.69, 9.17) is 4.74 Å². The Morgan fingerprint density at radius 1 is 1.09 bits per heavy atom. The Balaban J connectivity index is 1.88. The molecule has 3 rings (SSSR count). The van der Waals surface area contributed by atoms with Crippen molar-refractivity contribution >= 4 is 7.85 Å². The van der Waals surface area contributed by atoms with Crippen LogP contribution >= 0.6 is 0 Å². The van der Waals surface area contributed by atoms with E-state index in [0.717, 1.165) is 42.7 Å². The van der Waals surface area contributed by atoms with Gasteiger partial charge in [-0.1, -0.05) is 45.3 Å². The van der Waals surface area contributed by atoms with Gasteiger partial charge in [-0.25, -0.2) is 0 Å². The van der Waals surface area contributed by atoms with E-state index in [-0.39, 0.29) is 0 Å². The van der Waals surface area contributed by atoms with Crippen molar-refractivity contribution in [3.05, 3.63) is 0 Å². The van der Waals surface area contributed by atoms with Gasteiger partial charge in [-0.2, -0.15) is 0 Å². The molecule has 3 heteroatoms. The van der Waals surface area contributed by atoms with Gasteiger partial charge in [-0.05, 0) is 50.4 Å². The second-order valence-electron chi connectivity index (χ2n) is 9.62. The Bertz CT molecular complexity index is 393. The number of ether oxygens (including phenoxy) is 1. The first kappa shape index (κ1) is 17.8. The van der Waals surface area contributed by atoms with Crippen LogP contribution < -0.4 is 0 Å². The van der Waals surface area contributed by atoms with Crippen LogP contribution in [-0.4, -0.2) is 44.1 Å². The fraction of sp³-hybridized carbons (Fsp3) is 1.00. The van der Waals surface area contributed by atoms with Crippen LogP contribution in [0.4, 0.5) is 0 Å². The molecule has 1 spiro atoms. The van der Waals surface area contributed by atoms with Crippen molar-refractivity contribution in [2.45, 2.75) is 83.6 Å². The van der Waals surface area contributed by atoms with Crippen molar-refractivity contribution in [1.82, 2.24) is 4.90 Å². The van der Waals surface area contributed by atoms with E-state index < -0.39 is 0 Å². The van der Waals surface area contributed by atoms with E-state index in [2.05, 4.69) is 40.4 Å². The zero-order chi connectivity index (χ0) is 16.6. The van der Waals surface area contributed by atoms with Gasteiger partial charge < -0.3 is 4.74 Å². The Morgan fingerprint density at radius 3 is 2.39 bits per heavy atom. The van der Waals surface area contributed by atoms with Gasteiger partial charge >= 0.3 is 0 Å². The number of nitrogens with zero attached hydrogens (tertiary/aromatic N) is 1. The van der Waals surface area contributed by atoms with Crippen LogP contribution in [0.5, 0.6) is 0 Å². The van der Waals surface area contributed by atoms with Gasteiger partial charge in [0, 0.05) is 12.6 Å². The fourth-order valence-electron chi connectivity index (χ4n) is 6.01. The van der Waals surface area contributed by atoms with Gasteiger partial charge in [-0.15, -0.1) is 0 Å². The van der Waals surface area contributed by atoms with Crippen molar-refractivity contribution in [2.75, 3.05) is 19.8 Å². The second kappa shape index (κ2) is 7.08. The molecule has 2 nitrogen and oxygen atoms in total. The third-order valence-corrected chi connectivity index (χ3v) is 7.12. The number of hydrogen-bond acceptors (Lipinski definition) is 2. The van der Waals surface area contributed by atoms with Crippen LogP contribution in [0.25, 0.3) is 0 Å². The summed E-state index contributed by atoms with van der Waals surface area (Å²) >= 11 is 0. The maximum absolute atomic E-state index is 5.81. The second-order valence-corrected chi connectivity index (χ2v) is 9.62. The molecule has 23 heavy (non-hydrogen) atoms. The van der Waals surface area contributed by atoms with Gasteiger partial charge in [0.25, 0.3) is 0 Å². The highest BCUT2D eigenvalue weighted by molar-refractivity contribution is 6.11. The number of rotatable bonds is 3. The third-order valence-electron chi connectivity index (χ3n) is 7.12. The van der Waals surface area contributed by atoms with Gasteiger partial charge in [0.05, 0.1) is 18.8 Å². The van der Waals surface area contributed by atoms with Gasteiger partial charge in [0.15, 0.2) is 0 Å². The molecule has 3 fully saturated rings. The summed E-state index contributed by atoms with van der Waals surface area (Å²) in [5.41, 5.74) is 0.382. The van der Waals surface area contributed by atoms with E-state index in [1.807, 2.05) is 0 Å². The first-order valence-corrected chi connectivity index (χ1v) is 10.3. The van der Waals surface area contributed by atoms with E-state index >= 15 is 0 Å². The fourth-order valence-corrected chi connectivity index (χ4v) is 6.01. The molecular formula is C20H38BNO. The van der Waals surface area contributed by atoms with Crippen molar-refractivity contribution < 1.29 is 4.74 Å². The molecule has 3 aliphatic rings. The first-order valence-electron chi connectivity index (χ1n) is 10.3. The van der Waals surface area contributed by atoms with Crippen molar-refractivity contribution in [1.29, 1.82) is 0 Å². The molecule has 0 bridgehead atoms. The summed E-state index contributed by atoms with van der Waals surface area (Å²) in [6.07, 6.45) is 8.65. The lowest BCUT2D eigenvalue weighted by Crippen LogP contribution is -2.73. The number of likely N-dealkylation sites (tertiary alicyclic amines) is 1. The average molecular weight is 319 g/mol. The molecular weight excluding hydrogens is 281 g/mol. The predicted molar refractivity (Wildman–Crippen MR) is 101 cm³/mol. The predicted octanol–water partition coefficient (Wildman–Crippen LogP) is 3.76. The molecule has 2 aliphatic heterocycles. The molecule has 0 aromatic heterocycles. The molecule has 0 radical (unpaired) electrons. The topological polar surface area (TPSA) is 12.5 Å². The minimum atomic E-state index is 0.382. The Hall–Kier alpha value is -0.0151. The SMILES string of the molecule is BC1CCCC2C(CC1)C(CC(C)C)CN(C(C)C)C21COC1. The highest BCUT2D eigenvalue weighted by Gasteiger charge is 2.57. The zero-order valence-electron chi connectivity index (χ0n) is 16.2. The first-order chi connectivity index (χ1) is 10.9. The molecule has 4 unspecified atom stereocenters. The number of fused-ring (bicyclic) bond motifs is 2. The molecule has 2 heterocycles. The molecule has 1 aliphatic carbocycles. The summed E-state index contributed by atoms with van der Waals surface area (Å²) in [5, 5.41) is 0. The van der Waals surface area contributed by atoms with Crippen LogP contribution in [0.15, 0.2) is 0 Å². The smallest absolute Gasteiger partial charge is 0.105 e. The molecule has 1 saturated carbocycles.